The van der Waals surface area contributed by atoms with Crippen LogP contribution in [0.3, 0.4) is 0 Å². The fourth-order valence-corrected chi connectivity index (χ4v) is 3.66. The minimum Gasteiger partial charge on any atom is -0.322 e. The number of nitrogens with one attached hydrogen (secondary N) is 1. The Balaban J connectivity index is 1.74. The van der Waals surface area contributed by atoms with Crippen molar-refractivity contribution in [2.24, 2.45) is 0 Å². The second kappa shape index (κ2) is 8.18. The Morgan fingerprint density at radius 2 is 1.44 bits per heavy atom. The molecule has 3 aromatic rings. The lowest BCUT2D eigenvalue weighted by molar-refractivity contribution is 0.102. The maximum absolute atomic E-state index is 12.6. The van der Waals surface area contributed by atoms with E-state index in [0.717, 1.165) is 17.7 Å². The van der Waals surface area contributed by atoms with E-state index in [-0.39, 0.29) is 11.7 Å². The van der Waals surface area contributed by atoms with Gasteiger partial charge >= 0.3 is 0 Å². The summed E-state index contributed by atoms with van der Waals surface area (Å²) in [6.07, 6.45) is 1.92. The molecule has 0 spiro atoms. The first-order valence-electron chi connectivity index (χ1n) is 8.60. The maximum Gasteiger partial charge on any atom is 0.255 e. The van der Waals surface area contributed by atoms with Gasteiger partial charge in [0.25, 0.3) is 5.91 Å². The molecule has 0 bridgehead atoms. The summed E-state index contributed by atoms with van der Waals surface area (Å²) in [6, 6.07) is 24.4. The molecule has 4 nitrogen and oxygen atoms in total. The molecule has 0 atom stereocenters. The summed E-state index contributed by atoms with van der Waals surface area (Å²) in [5, 5.41) is 2.96. The maximum atomic E-state index is 12.6. The SMILES string of the molecule is CS(=O)(=O)Cc1ccc(C(=O)Nc2ccccc2Cc2ccccc2)cc1. The van der Waals surface area contributed by atoms with E-state index < -0.39 is 9.84 Å². The van der Waals surface area contributed by atoms with Crippen molar-refractivity contribution in [1.29, 1.82) is 0 Å². The Labute approximate surface area is 159 Å². The second-order valence-corrected chi connectivity index (χ2v) is 8.68. The van der Waals surface area contributed by atoms with Gasteiger partial charge in [0.05, 0.1) is 5.75 Å². The molecule has 0 saturated heterocycles. The second-order valence-electron chi connectivity index (χ2n) is 6.54. The lowest BCUT2D eigenvalue weighted by Crippen LogP contribution is -2.13. The molecule has 27 heavy (non-hydrogen) atoms. The zero-order chi connectivity index (χ0) is 19.3. The predicted octanol–water partition coefficient (Wildman–Crippen LogP) is 4.07. The van der Waals surface area contributed by atoms with E-state index in [1.807, 2.05) is 42.5 Å². The monoisotopic (exact) mass is 379 g/mol. The molecule has 0 saturated carbocycles. The van der Waals surface area contributed by atoms with E-state index >= 15 is 0 Å². The Morgan fingerprint density at radius 1 is 0.815 bits per heavy atom. The van der Waals surface area contributed by atoms with Crippen LogP contribution in [0.15, 0.2) is 78.9 Å². The van der Waals surface area contributed by atoms with Crippen molar-refractivity contribution < 1.29 is 13.2 Å². The summed E-state index contributed by atoms with van der Waals surface area (Å²) < 4.78 is 22.7. The molecule has 138 valence electrons. The quantitative estimate of drug-likeness (QED) is 0.702. The highest BCUT2D eigenvalue weighted by atomic mass is 32.2. The van der Waals surface area contributed by atoms with Crippen molar-refractivity contribution in [2.75, 3.05) is 11.6 Å². The molecular formula is C22H21NO3S. The minimum atomic E-state index is -3.09. The minimum absolute atomic E-state index is 0.0329. The molecule has 0 aliphatic heterocycles. The molecule has 0 radical (unpaired) electrons. The number of carbonyl (C=O) groups excluding carboxylic acids is 1. The molecule has 1 N–H and O–H groups in total. The van der Waals surface area contributed by atoms with Gasteiger partial charge in [0.1, 0.15) is 0 Å². The van der Waals surface area contributed by atoms with Gasteiger partial charge in [-0.15, -0.1) is 0 Å². The van der Waals surface area contributed by atoms with E-state index in [2.05, 4.69) is 17.4 Å². The molecule has 0 fully saturated rings. The van der Waals surface area contributed by atoms with Crippen LogP contribution in [-0.2, 0) is 22.0 Å². The fourth-order valence-electron chi connectivity index (χ4n) is 2.86. The van der Waals surface area contributed by atoms with Crippen LogP contribution in [0.25, 0.3) is 0 Å². The van der Waals surface area contributed by atoms with Gasteiger partial charge in [0.15, 0.2) is 9.84 Å². The van der Waals surface area contributed by atoms with Crippen molar-refractivity contribution in [3.05, 3.63) is 101 Å². The first-order valence-corrected chi connectivity index (χ1v) is 10.7. The predicted molar refractivity (Wildman–Crippen MR) is 109 cm³/mol. The van der Waals surface area contributed by atoms with Crippen LogP contribution >= 0.6 is 0 Å². The van der Waals surface area contributed by atoms with Crippen LogP contribution in [0.1, 0.15) is 27.0 Å². The van der Waals surface area contributed by atoms with Gasteiger partial charge in [-0.2, -0.15) is 0 Å². The smallest absolute Gasteiger partial charge is 0.255 e. The molecule has 5 heteroatoms. The average molecular weight is 379 g/mol. The third-order valence-corrected chi connectivity index (χ3v) is 5.01. The highest BCUT2D eigenvalue weighted by Crippen LogP contribution is 2.20. The van der Waals surface area contributed by atoms with Gasteiger partial charge in [0.2, 0.25) is 0 Å². The average Bonchev–Trinajstić information content (AvgIpc) is 2.63. The first kappa shape index (κ1) is 18.9. The molecule has 0 aliphatic carbocycles. The lowest BCUT2D eigenvalue weighted by atomic mass is 10.0. The molecule has 0 unspecified atom stereocenters. The number of sulfone groups is 1. The normalized spacial score (nSPS) is 11.1. The zero-order valence-corrected chi connectivity index (χ0v) is 15.9. The van der Waals surface area contributed by atoms with Crippen molar-refractivity contribution in [2.45, 2.75) is 12.2 Å². The Kier molecular flexibility index (Phi) is 5.72. The van der Waals surface area contributed by atoms with E-state index in [1.54, 1.807) is 24.3 Å². The number of anilines is 1. The molecule has 3 rings (SSSR count). The molecule has 3 aromatic carbocycles. The van der Waals surface area contributed by atoms with Gasteiger partial charge < -0.3 is 5.32 Å². The Hall–Kier alpha value is -2.92. The molecule has 1 amide bonds. The van der Waals surface area contributed by atoms with Gasteiger partial charge in [-0.1, -0.05) is 60.7 Å². The molecule has 0 aliphatic rings. The number of rotatable bonds is 6. The highest BCUT2D eigenvalue weighted by molar-refractivity contribution is 7.89. The van der Waals surface area contributed by atoms with Crippen LogP contribution in [-0.4, -0.2) is 20.6 Å². The summed E-state index contributed by atoms with van der Waals surface area (Å²) in [6.45, 7) is 0. The molecule has 0 aromatic heterocycles. The van der Waals surface area contributed by atoms with Gasteiger partial charge in [0, 0.05) is 17.5 Å². The first-order chi connectivity index (χ1) is 12.9. The Bertz CT molecular complexity index is 1030. The van der Waals surface area contributed by atoms with Crippen LogP contribution < -0.4 is 5.32 Å². The third-order valence-electron chi connectivity index (χ3n) is 4.15. The van der Waals surface area contributed by atoms with Crippen LogP contribution in [0.5, 0.6) is 0 Å². The molecular weight excluding hydrogens is 358 g/mol. The van der Waals surface area contributed by atoms with Gasteiger partial charge in [-0.05, 0) is 41.3 Å². The number of benzene rings is 3. The van der Waals surface area contributed by atoms with Gasteiger partial charge in [-0.3, -0.25) is 4.79 Å². The largest absolute Gasteiger partial charge is 0.322 e. The summed E-state index contributed by atoms with van der Waals surface area (Å²) in [5.41, 5.74) is 4.13. The number of carbonyl (C=O) groups is 1. The fraction of sp³-hybridized carbons (Fsp3) is 0.136. The summed E-state index contributed by atoms with van der Waals surface area (Å²) in [7, 11) is -3.09. The van der Waals surface area contributed by atoms with Crippen molar-refractivity contribution in [1.82, 2.24) is 0 Å². The zero-order valence-electron chi connectivity index (χ0n) is 15.1. The number of hydrogen-bond acceptors (Lipinski definition) is 3. The lowest BCUT2D eigenvalue weighted by Gasteiger charge is -2.11. The summed E-state index contributed by atoms with van der Waals surface area (Å²) in [5.74, 6) is -0.254. The third kappa shape index (κ3) is 5.53. The number of amides is 1. The number of hydrogen-bond donors (Lipinski definition) is 1. The summed E-state index contributed by atoms with van der Waals surface area (Å²) >= 11 is 0. The van der Waals surface area contributed by atoms with Crippen LogP contribution in [0, 0.1) is 0 Å². The van der Waals surface area contributed by atoms with Crippen molar-refractivity contribution in [3.8, 4) is 0 Å². The number of para-hydroxylation sites is 1. The van der Waals surface area contributed by atoms with E-state index in [1.165, 1.54) is 11.8 Å². The summed E-state index contributed by atoms with van der Waals surface area (Å²) in [4.78, 5) is 12.6. The van der Waals surface area contributed by atoms with E-state index in [4.69, 9.17) is 0 Å². The van der Waals surface area contributed by atoms with E-state index in [9.17, 15) is 13.2 Å². The van der Waals surface area contributed by atoms with Crippen molar-refractivity contribution in [3.63, 3.8) is 0 Å². The highest BCUT2D eigenvalue weighted by Gasteiger charge is 2.11. The molecule has 0 heterocycles. The topological polar surface area (TPSA) is 63.2 Å². The van der Waals surface area contributed by atoms with Crippen LogP contribution in [0.2, 0.25) is 0 Å². The van der Waals surface area contributed by atoms with E-state index in [0.29, 0.717) is 11.1 Å². The standard InChI is InChI=1S/C22H21NO3S/c1-27(25,26)16-18-11-13-19(14-12-18)22(24)23-21-10-6-5-9-20(21)15-17-7-3-2-4-8-17/h2-14H,15-16H2,1H3,(H,23,24). The van der Waals surface area contributed by atoms with Crippen LogP contribution in [0.4, 0.5) is 5.69 Å². The van der Waals surface area contributed by atoms with Gasteiger partial charge in [-0.25, -0.2) is 8.42 Å². The Morgan fingerprint density at radius 3 is 2.11 bits per heavy atom. The van der Waals surface area contributed by atoms with Crippen molar-refractivity contribution >= 4 is 21.4 Å².